The number of carboxylic acid groups (broad SMARTS) is 1. The Morgan fingerprint density at radius 2 is 2.11 bits per heavy atom. The molecule has 98 valence electrons. The smallest absolute Gasteiger partial charge is 0.321 e. The number of anilines is 1. The van der Waals surface area contributed by atoms with E-state index < -0.39 is 12.0 Å². The summed E-state index contributed by atoms with van der Waals surface area (Å²) in [5.74, 6) is -0.817. The van der Waals surface area contributed by atoms with Crippen molar-refractivity contribution in [3.63, 3.8) is 0 Å². The summed E-state index contributed by atoms with van der Waals surface area (Å²) in [5.41, 5.74) is 6.08. The number of hydrogen-bond acceptors (Lipinski definition) is 4. The fourth-order valence-corrected chi connectivity index (χ4v) is 2.39. The number of nitrogens with one attached hydrogen (secondary N) is 1. The van der Waals surface area contributed by atoms with E-state index >= 15 is 0 Å². The molecule has 1 amide bonds. The van der Waals surface area contributed by atoms with Gasteiger partial charge in [-0.1, -0.05) is 12.1 Å². The summed E-state index contributed by atoms with van der Waals surface area (Å²) in [6, 6.07) is 6.50. The molecule has 0 aromatic heterocycles. The van der Waals surface area contributed by atoms with Crippen LogP contribution in [-0.4, -0.2) is 34.5 Å². The number of nitrogens with two attached hydrogens (primary N) is 1. The van der Waals surface area contributed by atoms with Crippen LogP contribution in [-0.2, 0) is 9.59 Å². The standard InChI is InChI=1S/C11H13IN2O3S/c12-7-3-1-2-4-9(7)14-10(15)6-18-5-8(13)11(16)17/h1-4,8H,5-6,13H2,(H,14,15)(H,16,17)/t8-/m0/s1. The maximum Gasteiger partial charge on any atom is 0.321 e. The van der Waals surface area contributed by atoms with Crippen LogP contribution >= 0.6 is 34.4 Å². The summed E-state index contributed by atoms with van der Waals surface area (Å²) in [6.07, 6.45) is 0. The third-order valence-corrected chi connectivity index (χ3v) is 4.00. The molecule has 1 rings (SSSR count). The number of carboxylic acids is 1. The maximum atomic E-state index is 11.6. The summed E-state index contributed by atoms with van der Waals surface area (Å²) in [5, 5.41) is 11.3. The van der Waals surface area contributed by atoms with Gasteiger partial charge in [-0.05, 0) is 34.7 Å². The first-order valence-corrected chi connectivity index (χ1v) is 7.34. The summed E-state index contributed by atoms with van der Waals surface area (Å²) in [7, 11) is 0. The van der Waals surface area contributed by atoms with E-state index in [2.05, 4.69) is 27.9 Å². The molecule has 18 heavy (non-hydrogen) atoms. The van der Waals surface area contributed by atoms with Gasteiger partial charge in [-0.15, -0.1) is 11.8 Å². The highest BCUT2D eigenvalue weighted by Gasteiger charge is 2.12. The lowest BCUT2D eigenvalue weighted by Crippen LogP contribution is -2.33. The summed E-state index contributed by atoms with van der Waals surface area (Å²) in [6.45, 7) is 0. The molecule has 1 atom stereocenters. The predicted octanol–water partition coefficient (Wildman–Crippen LogP) is 1.37. The number of hydrogen-bond donors (Lipinski definition) is 3. The van der Waals surface area contributed by atoms with Crippen LogP contribution in [0.5, 0.6) is 0 Å². The van der Waals surface area contributed by atoms with Gasteiger partial charge in [0.2, 0.25) is 5.91 Å². The van der Waals surface area contributed by atoms with Crippen LogP contribution in [0.1, 0.15) is 0 Å². The second-order valence-electron chi connectivity index (χ2n) is 3.49. The molecule has 0 saturated carbocycles. The molecular formula is C11H13IN2O3S. The first-order valence-electron chi connectivity index (χ1n) is 5.11. The molecule has 1 aromatic rings. The number of para-hydroxylation sites is 1. The minimum atomic E-state index is -1.06. The van der Waals surface area contributed by atoms with E-state index in [1.807, 2.05) is 24.3 Å². The zero-order valence-corrected chi connectivity index (χ0v) is 12.4. The Balaban J connectivity index is 2.35. The zero-order valence-electron chi connectivity index (χ0n) is 9.43. The predicted molar refractivity (Wildman–Crippen MR) is 80.7 cm³/mol. The Labute approximate surface area is 123 Å². The number of aliphatic carboxylic acids is 1. The van der Waals surface area contributed by atoms with E-state index in [9.17, 15) is 9.59 Å². The van der Waals surface area contributed by atoms with Crippen LogP contribution in [0, 0.1) is 3.57 Å². The van der Waals surface area contributed by atoms with E-state index in [-0.39, 0.29) is 17.4 Å². The first kappa shape index (κ1) is 15.3. The zero-order chi connectivity index (χ0) is 13.5. The van der Waals surface area contributed by atoms with Crippen molar-refractivity contribution in [2.45, 2.75) is 6.04 Å². The topological polar surface area (TPSA) is 92.4 Å². The van der Waals surface area contributed by atoms with Gasteiger partial charge < -0.3 is 16.2 Å². The first-order chi connectivity index (χ1) is 8.50. The largest absolute Gasteiger partial charge is 0.480 e. The van der Waals surface area contributed by atoms with Crippen LogP contribution in [0.3, 0.4) is 0 Å². The van der Waals surface area contributed by atoms with Gasteiger partial charge in [0.15, 0.2) is 0 Å². The maximum absolute atomic E-state index is 11.6. The lowest BCUT2D eigenvalue weighted by Gasteiger charge is -2.08. The number of carbonyl (C=O) groups is 2. The van der Waals surface area contributed by atoms with Crippen LogP contribution in [0.2, 0.25) is 0 Å². The summed E-state index contributed by atoms with van der Waals surface area (Å²) < 4.78 is 0.954. The van der Waals surface area contributed by atoms with E-state index in [0.29, 0.717) is 0 Å². The monoisotopic (exact) mass is 380 g/mol. The minimum absolute atomic E-state index is 0.165. The molecular weight excluding hydrogens is 367 g/mol. The van der Waals surface area contributed by atoms with Crippen molar-refractivity contribution >= 4 is 51.9 Å². The molecule has 0 aliphatic carbocycles. The number of halogens is 1. The van der Waals surface area contributed by atoms with Crippen molar-refractivity contribution in [2.24, 2.45) is 5.73 Å². The molecule has 0 saturated heterocycles. The van der Waals surface area contributed by atoms with E-state index in [0.717, 1.165) is 9.26 Å². The van der Waals surface area contributed by atoms with Gasteiger partial charge in [-0.3, -0.25) is 9.59 Å². The fraction of sp³-hybridized carbons (Fsp3) is 0.273. The van der Waals surface area contributed by atoms with Gasteiger partial charge in [-0.2, -0.15) is 0 Å². The van der Waals surface area contributed by atoms with Crippen LogP contribution < -0.4 is 11.1 Å². The molecule has 4 N–H and O–H groups in total. The summed E-state index contributed by atoms with van der Waals surface area (Å²) in [4.78, 5) is 22.1. The van der Waals surface area contributed by atoms with Gasteiger partial charge >= 0.3 is 5.97 Å². The highest BCUT2D eigenvalue weighted by Crippen LogP contribution is 2.17. The summed E-state index contributed by atoms with van der Waals surface area (Å²) >= 11 is 3.33. The van der Waals surface area contributed by atoms with E-state index in [4.69, 9.17) is 10.8 Å². The molecule has 0 fully saturated rings. The Morgan fingerprint density at radius 3 is 2.72 bits per heavy atom. The number of rotatable bonds is 6. The normalized spacial score (nSPS) is 11.9. The molecule has 0 radical (unpaired) electrons. The molecule has 5 nitrogen and oxygen atoms in total. The molecule has 0 aliphatic rings. The molecule has 0 heterocycles. The Morgan fingerprint density at radius 1 is 1.44 bits per heavy atom. The average molecular weight is 380 g/mol. The Bertz CT molecular complexity index is 442. The van der Waals surface area contributed by atoms with Crippen molar-refractivity contribution in [3.05, 3.63) is 27.8 Å². The second-order valence-corrected chi connectivity index (χ2v) is 5.68. The Kier molecular flexibility index (Phi) is 6.44. The van der Waals surface area contributed by atoms with Crippen molar-refractivity contribution < 1.29 is 14.7 Å². The second kappa shape index (κ2) is 7.59. The van der Waals surface area contributed by atoms with E-state index in [1.165, 1.54) is 11.8 Å². The van der Waals surface area contributed by atoms with Crippen molar-refractivity contribution in [3.8, 4) is 0 Å². The molecule has 0 bridgehead atoms. The molecule has 0 aliphatic heterocycles. The van der Waals surface area contributed by atoms with Gasteiger partial charge in [0, 0.05) is 9.32 Å². The van der Waals surface area contributed by atoms with E-state index in [1.54, 1.807) is 0 Å². The van der Waals surface area contributed by atoms with Crippen LogP contribution in [0.4, 0.5) is 5.69 Å². The average Bonchev–Trinajstić information content (AvgIpc) is 2.32. The van der Waals surface area contributed by atoms with Crippen molar-refractivity contribution in [2.75, 3.05) is 16.8 Å². The third kappa shape index (κ3) is 5.23. The highest BCUT2D eigenvalue weighted by atomic mass is 127. The molecule has 0 unspecified atom stereocenters. The van der Waals surface area contributed by atoms with Gasteiger partial charge in [0.1, 0.15) is 6.04 Å². The molecule has 0 spiro atoms. The number of benzene rings is 1. The fourth-order valence-electron chi connectivity index (χ4n) is 1.10. The van der Waals surface area contributed by atoms with Crippen molar-refractivity contribution in [1.29, 1.82) is 0 Å². The van der Waals surface area contributed by atoms with Gasteiger partial charge in [0.05, 0.1) is 11.4 Å². The molecule has 7 heteroatoms. The SMILES string of the molecule is N[C@@H](CSCC(=O)Nc1ccccc1I)C(=O)O. The lowest BCUT2D eigenvalue weighted by atomic mass is 10.3. The quantitative estimate of drug-likeness (QED) is 0.649. The number of carbonyl (C=O) groups excluding carboxylic acids is 1. The lowest BCUT2D eigenvalue weighted by molar-refractivity contribution is -0.137. The molecule has 1 aromatic carbocycles. The van der Waals surface area contributed by atoms with Crippen LogP contribution in [0.25, 0.3) is 0 Å². The Hall–Kier alpha value is -0.800. The van der Waals surface area contributed by atoms with Crippen molar-refractivity contribution in [1.82, 2.24) is 0 Å². The van der Waals surface area contributed by atoms with Gasteiger partial charge in [0.25, 0.3) is 0 Å². The number of thioether (sulfide) groups is 1. The van der Waals surface area contributed by atoms with Crippen LogP contribution in [0.15, 0.2) is 24.3 Å². The third-order valence-electron chi connectivity index (χ3n) is 2.00. The number of amides is 1. The highest BCUT2D eigenvalue weighted by molar-refractivity contribution is 14.1. The minimum Gasteiger partial charge on any atom is -0.480 e. The van der Waals surface area contributed by atoms with Gasteiger partial charge in [-0.25, -0.2) is 0 Å².